The predicted molar refractivity (Wildman–Crippen MR) is 185 cm³/mol. The van der Waals surface area contributed by atoms with Gasteiger partial charge in [-0.05, 0) is 88.9 Å². The van der Waals surface area contributed by atoms with Gasteiger partial charge in [0.1, 0.15) is 24.4 Å². The van der Waals surface area contributed by atoms with Crippen LogP contribution in [0.25, 0.3) is 0 Å². The average molecular weight is 767 g/mol. The van der Waals surface area contributed by atoms with Crippen LogP contribution in [0.2, 0.25) is 0 Å². The SMILES string of the molecule is C=C(C)C(=O)OC1CC2C3CC(C(C(=O)O)C3C(=O)OC(=O)C3C4CC(C3C(=O)O)C3C4CC(OC(=O)C(=C)C)C3OC(=O)C(=C)C)C2C1OC(=O)C(=C)C. The first-order valence-electron chi connectivity index (χ1n) is 18.4. The van der Waals surface area contributed by atoms with Crippen molar-refractivity contribution in [3.63, 3.8) is 0 Å². The first kappa shape index (κ1) is 39.6. The molecule has 4 bridgehead atoms. The van der Waals surface area contributed by atoms with Crippen molar-refractivity contribution in [3.05, 3.63) is 48.6 Å². The summed E-state index contributed by atoms with van der Waals surface area (Å²) in [7, 11) is 0. The molecule has 6 aliphatic carbocycles. The smallest absolute Gasteiger partial charge is 0.333 e. The monoisotopic (exact) mass is 766 g/mol. The van der Waals surface area contributed by atoms with Crippen molar-refractivity contribution in [1.29, 1.82) is 0 Å². The van der Waals surface area contributed by atoms with E-state index in [1.54, 1.807) is 0 Å². The van der Waals surface area contributed by atoms with Gasteiger partial charge in [0.15, 0.2) is 0 Å². The largest absolute Gasteiger partial charge is 0.481 e. The number of carboxylic acid groups (broad SMARTS) is 2. The van der Waals surface area contributed by atoms with Crippen LogP contribution in [0, 0.1) is 71.0 Å². The second-order valence-electron chi connectivity index (χ2n) is 16.3. The molecule has 0 saturated heterocycles. The Hall–Kier alpha value is -5.08. The first-order valence-corrected chi connectivity index (χ1v) is 18.4. The Labute approximate surface area is 317 Å². The number of esters is 6. The summed E-state index contributed by atoms with van der Waals surface area (Å²) < 4.78 is 28.2. The summed E-state index contributed by atoms with van der Waals surface area (Å²) in [5.74, 6) is -17.8. The van der Waals surface area contributed by atoms with Gasteiger partial charge in [-0.2, -0.15) is 0 Å². The zero-order chi connectivity index (χ0) is 40.5. The lowest BCUT2D eigenvalue weighted by Crippen LogP contribution is -2.48. The molecule has 0 aromatic carbocycles. The van der Waals surface area contributed by atoms with Gasteiger partial charge in [0.2, 0.25) is 0 Å². The average Bonchev–Trinajstić information content (AvgIpc) is 3.93. The van der Waals surface area contributed by atoms with Crippen molar-refractivity contribution in [2.45, 2.75) is 77.8 Å². The van der Waals surface area contributed by atoms with E-state index in [0.717, 1.165) is 0 Å². The molecule has 0 spiro atoms. The molecule has 6 aliphatic rings. The minimum atomic E-state index is -1.34. The molecular weight excluding hydrogens is 720 g/mol. The van der Waals surface area contributed by atoms with Gasteiger partial charge in [-0.25, -0.2) is 19.2 Å². The number of carbonyl (C=O) groups excluding carboxylic acids is 6. The van der Waals surface area contributed by atoms with Gasteiger partial charge in [-0.15, -0.1) is 0 Å². The lowest BCUT2D eigenvalue weighted by molar-refractivity contribution is -0.179. The molecule has 55 heavy (non-hydrogen) atoms. The Morgan fingerprint density at radius 3 is 1.04 bits per heavy atom. The number of fused-ring (bicyclic) bond motifs is 10. The number of carboxylic acids is 2. The van der Waals surface area contributed by atoms with Crippen molar-refractivity contribution in [3.8, 4) is 0 Å². The summed E-state index contributed by atoms with van der Waals surface area (Å²) in [6.45, 7) is 20.2. The third-order valence-electron chi connectivity index (χ3n) is 13.0. The Bertz CT molecular complexity index is 1680. The highest BCUT2D eigenvalue weighted by Gasteiger charge is 2.71. The van der Waals surface area contributed by atoms with Crippen LogP contribution in [0.1, 0.15) is 53.4 Å². The van der Waals surface area contributed by atoms with Crippen molar-refractivity contribution in [1.82, 2.24) is 0 Å². The molecule has 0 aromatic rings. The topological polar surface area (TPSA) is 223 Å². The van der Waals surface area contributed by atoms with E-state index in [1.165, 1.54) is 27.7 Å². The molecule has 15 nitrogen and oxygen atoms in total. The van der Waals surface area contributed by atoms with Crippen LogP contribution in [-0.2, 0) is 62.0 Å². The van der Waals surface area contributed by atoms with E-state index in [4.69, 9.17) is 23.7 Å². The van der Waals surface area contributed by atoms with Gasteiger partial charge in [-0.3, -0.25) is 19.2 Å². The number of aliphatic carboxylic acids is 2. The molecular formula is C40H46O15. The molecule has 6 saturated carbocycles. The fraction of sp³-hybridized carbons (Fsp3) is 0.600. The van der Waals surface area contributed by atoms with E-state index < -0.39 is 143 Å². The predicted octanol–water partition coefficient (Wildman–Crippen LogP) is 3.21. The minimum Gasteiger partial charge on any atom is -0.481 e. The summed E-state index contributed by atoms with van der Waals surface area (Å²) in [6, 6.07) is 0. The molecule has 0 heterocycles. The quantitative estimate of drug-likeness (QED) is 0.126. The molecule has 15 heteroatoms. The summed E-state index contributed by atoms with van der Waals surface area (Å²) in [5.41, 5.74) is 0.374. The Balaban J connectivity index is 1.24. The van der Waals surface area contributed by atoms with Crippen LogP contribution >= 0.6 is 0 Å². The van der Waals surface area contributed by atoms with E-state index in [9.17, 15) is 48.6 Å². The molecule has 16 unspecified atom stereocenters. The summed E-state index contributed by atoms with van der Waals surface area (Å²) >= 11 is 0. The van der Waals surface area contributed by atoms with Gasteiger partial charge in [0.25, 0.3) is 0 Å². The summed E-state index contributed by atoms with van der Waals surface area (Å²) in [6.07, 6.45) is -3.17. The van der Waals surface area contributed by atoms with E-state index in [1.807, 2.05) is 0 Å². The zero-order valence-electron chi connectivity index (χ0n) is 31.1. The number of hydrogen-bond donors (Lipinski definition) is 2. The Morgan fingerprint density at radius 2 is 0.745 bits per heavy atom. The molecule has 296 valence electrons. The molecule has 0 aliphatic heterocycles. The molecule has 2 N–H and O–H groups in total. The maximum absolute atomic E-state index is 14.0. The molecule has 0 radical (unpaired) electrons. The number of hydrogen-bond acceptors (Lipinski definition) is 13. The van der Waals surface area contributed by atoms with Crippen LogP contribution in [0.4, 0.5) is 0 Å². The molecule has 6 rings (SSSR count). The Morgan fingerprint density at radius 1 is 0.436 bits per heavy atom. The van der Waals surface area contributed by atoms with Crippen LogP contribution in [0.5, 0.6) is 0 Å². The van der Waals surface area contributed by atoms with E-state index in [2.05, 4.69) is 26.3 Å². The number of carbonyl (C=O) groups is 8. The van der Waals surface area contributed by atoms with Gasteiger partial charge in [0, 0.05) is 34.1 Å². The van der Waals surface area contributed by atoms with Crippen LogP contribution < -0.4 is 0 Å². The van der Waals surface area contributed by atoms with Gasteiger partial charge in [-0.1, -0.05) is 26.3 Å². The third kappa shape index (κ3) is 6.69. The van der Waals surface area contributed by atoms with Crippen molar-refractivity contribution in [2.24, 2.45) is 71.0 Å². The summed E-state index contributed by atoms with van der Waals surface area (Å²) in [4.78, 5) is 104. The highest BCUT2D eigenvalue weighted by Crippen LogP contribution is 2.66. The highest BCUT2D eigenvalue weighted by atomic mass is 16.6. The van der Waals surface area contributed by atoms with E-state index in [-0.39, 0.29) is 48.0 Å². The van der Waals surface area contributed by atoms with Gasteiger partial charge in [0.05, 0.1) is 23.7 Å². The standard InChI is InChI=1S/C40H46O15/c1-13(2)35(45)51-23-11-19-17-9-21(25(19)31(23)53-37(47)15(5)6)27(33(41)42)29(17)39(49)55-40(50)30-18-10-22(28(30)34(43)44)26-20(18)12-24(52-36(46)14(3)4)32(26)54-38(48)16(7)8/h17-32H,1,3,5,7,9-12H2,2,4,6,8H3,(H,41,42)(H,43,44). The normalized spacial score (nSPS) is 38.5. The number of rotatable bonds is 12. The molecule has 0 aromatic heterocycles. The van der Waals surface area contributed by atoms with E-state index in [0.29, 0.717) is 0 Å². The maximum Gasteiger partial charge on any atom is 0.333 e. The van der Waals surface area contributed by atoms with Crippen LogP contribution in [0.15, 0.2) is 48.6 Å². The molecule has 6 fully saturated rings. The van der Waals surface area contributed by atoms with Gasteiger partial charge < -0.3 is 33.9 Å². The van der Waals surface area contributed by atoms with Gasteiger partial charge >= 0.3 is 47.8 Å². The highest BCUT2D eigenvalue weighted by molar-refractivity contribution is 5.94. The summed E-state index contributed by atoms with van der Waals surface area (Å²) in [5, 5.41) is 20.9. The second kappa shape index (κ2) is 14.5. The first-order chi connectivity index (χ1) is 25.7. The lowest BCUT2D eigenvalue weighted by Gasteiger charge is -2.37. The van der Waals surface area contributed by atoms with Crippen molar-refractivity contribution >= 4 is 47.8 Å². The zero-order valence-corrected chi connectivity index (χ0v) is 31.1. The van der Waals surface area contributed by atoms with Crippen LogP contribution in [-0.4, -0.2) is 82.4 Å². The third-order valence-corrected chi connectivity index (χ3v) is 13.0. The number of ether oxygens (including phenoxy) is 5. The Kier molecular flexibility index (Phi) is 10.5. The molecule has 0 amide bonds. The molecule has 16 atom stereocenters. The van der Waals surface area contributed by atoms with Crippen molar-refractivity contribution in [2.75, 3.05) is 0 Å². The van der Waals surface area contributed by atoms with Crippen molar-refractivity contribution < 1.29 is 72.3 Å². The van der Waals surface area contributed by atoms with E-state index >= 15 is 0 Å². The fourth-order valence-electron chi connectivity index (χ4n) is 11.1. The maximum atomic E-state index is 14.0. The second-order valence-corrected chi connectivity index (χ2v) is 16.3. The minimum absolute atomic E-state index is 0.0855. The van der Waals surface area contributed by atoms with Crippen LogP contribution in [0.3, 0.4) is 0 Å². The lowest BCUT2D eigenvalue weighted by atomic mass is 9.68. The fourth-order valence-corrected chi connectivity index (χ4v) is 11.1.